The summed E-state index contributed by atoms with van der Waals surface area (Å²) >= 11 is 0. The predicted molar refractivity (Wildman–Crippen MR) is 84.4 cm³/mol. The lowest BCUT2D eigenvalue weighted by atomic mass is 10.0. The SMILES string of the molecule is NC(=O)OC(Cc1ccccc1)Cc1c[nH]c2cnccc12. The zero-order chi connectivity index (χ0) is 15.4. The maximum absolute atomic E-state index is 11.2. The number of carbonyl (C=O) groups excluding carboxylic acids is 1. The minimum atomic E-state index is -0.748. The van der Waals surface area contributed by atoms with Crippen molar-refractivity contribution in [2.24, 2.45) is 5.73 Å². The number of benzene rings is 1. The van der Waals surface area contributed by atoms with Crippen molar-refractivity contribution in [3.63, 3.8) is 0 Å². The van der Waals surface area contributed by atoms with Crippen molar-refractivity contribution >= 4 is 17.0 Å². The van der Waals surface area contributed by atoms with Gasteiger partial charge in [0.2, 0.25) is 0 Å². The number of hydrogen-bond donors (Lipinski definition) is 2. The lowest BCUT2D eigenvalue weighted by molar-refractivity contribution is 0.106. The fourth-order valence-electron chi connectivity index (χ4n) is 2.64. The van der Waals surface area contributed by atoms with Crippen molar-refractivity contribution in [2.45, 2.75) is 18.9 Å². The van der Waals surface area contributed by atoms with Gasteiger partial charge in [-0.3, -0.25) is 4.98 Å². The first-order chi connectivity index (χ1) is 10.7. The van der Waals surface area contributed by atoms with Crippen molar-refractivity contribution in [3.05, 3.63) is 66.1 Å². The van der Waals surface area contributed by atoms with Crippen molar-refractivity contribution in [1.82, 2.24) is 9.97 Å². The molecule has 0 radical (unpaired) electrons. The van der Waals surface area contributed by atoms with Crippen LogP contribution in [0.5, 0.6) is 0 Å². The maximum Gasteiger partial charge on any atom is 0.404 e. The largest absolute Gasteiger partial charge is 0.446 e. The molecule has 0 aliphatic rings. The molecule has 0 aliphatic heterocycles. The van der Waals surface area contributed by atoms with Crippen LogP contribution in [0.4, 0.5) is 4.79 Å². The average molecular weight is 295 g/mol. The van der Waals surface area contributed by atoms with Gasteiger partial charge < -0.3 is 15.5 Å². The van der Waals surface area contributed by atoms with E-state index in [1.54, 1.807) is 12.4 Å². The fourth-order valence-corrected chi connectivity index (χ4v) is 2.64. The number of pyridine rings is 1. The molecule has 0 bridgehead atoms. The molecule has 0 spiro atoms. The van der Waals surface area contributed by atoms with E-state index in [1.807, 2.05) is 42.6 Å². The number of carbonyl (C=O) groups is 1. The predicted octanol–water partition coefficient (Wildman–Crippen LogP) is 2.81. The number of rotatable bonds is 5. The average Bonchev–Trinajstić information content (AvgIpc) is 2.91. The molecule has 0 saturated heterocycles. The fraction of sp³-hybridized carbons (Fsp3) is 0.176. The Kier molecular flexibility index (Phi) is 4.05. The summed E-state index contributed by atoms with van der Waals surface area (Å²) in [6.45, 7) is 0. The van der Waals surface area contributed by atoms with E-state index in [4.69, 9.17) is 10.5 Å². The molecular formula is C17H17N3O2. The van der Waals surface area contributed by atoms with Gasteiger partial charge in [0.15, 0.2) is 0 Å². The normalized spacial score (nSPS) is 12.2. The van der Waals surface area contributed by atoms with Crippen molar-refractivity contribution in [1.29, 1.82) is 0 Å². The van der Waals surface area contributed by atoms with E-state index < -0.39 is 6.09 Å². The van der Waals surface area contributed by atoms with Gasteiger partial charge in [-0.2, -0.15) is 0 Å². The summed E-state index contributed by atoms with van der Waals surface area (Å²) in [4.78, 5) is 18.4. The second kappa shape index (κ2) is 6.30. The number of nitrogens with two attached hydrogens (primary N) is 1. The Morgan fingerprint density at radius 1 is 1.23 bits per heavy atom. The smallest absolute Gasteiger partial charge is 0.404 e. The van der Waals surface area contributed by atoms with Crippen molar-refractivity contribution in [3.8, 4) is 0 Å². The molecule has 1 unspecified atom stereocenters. The molecule has 1 amide bonds. The summed E-state index contributed by atoms with van der Waals surface area (Å²) < 4.78 is 5.29. The van der Waals surface area contributed by atoms with E-state index in [9.17, 15) is 4.79 Å². The molecule has 3 N–H and O–H groups in total. The first-order valence-electron chi connectivity index (χ1n) is 7.12. The van der Waals surface area contributed by atoms with Gasteiger partial charge in [-0.1, -0.05) is 30.3 Å². The number of hydrogen-bond acceptors (Lipinski definition) is 3. The van der Waals surface area contributed by atoms with Crippen LogP contribution in [0, 0.1) is 0 Å². The summed E-state index contributed by atoms with van der Waals surface area (Å²) in [6, 6.07) is 11.9. The number of amides is 1. The summed E-state index contributed by atoms with van der Waals surface area (Å²) in [5.41, 5.74) is 8.37. The third-order valence-corrected chi connectivity index (χ3v) is 3.61. The van der Waals surface area contributed by atoms with Crippen LogP contribution in [0.3, 0.4) is 0 Å². The maximum atomic E-state index is 11.2. The molecule has 112 valence electrons. The Balaban J connectivity index is 1.82. The number of ether oxygens (including phenoxy) is 1. The third kappa shape index (κ3) is 3.25. The molecule has 0 aliphatic carbocycles. The van der Waals surface area contributed by atoms with E-state index in [-0.39, 0.29) is 6.10 Å². The van der Waals surface area contributed by atoms with Crippen LogP contribution in [-0.2, 0) is 17.6 Å². The Labute approximate surface area is 128 Å². The van der Waals surface area contributed by atoms with Gasteiger partial charge in [0.05, 0.1) is 11.7 Å². The second-order valence-electron chi connectivity index (χ2n) is 5.19. The third-order valence-electron chi connectivity index (χ3n) is 3.61. The molecule has 3 rings (SSSR count). The molecule has 5 heteroatoms. The molecule has 5 nitrogen and oxygen atoms in total. The molecule has 22 heavy (non-hydrogen) atoms. The molecule has 0 saturated carbocycles. The standard InChI is InChI=1S/C17H17N3O2/c18-17(21)22-14(8-12-4-2-1-3-5-12)9-13-10-20-16-11-19-7-6-15(13)16/h1-7,10-11,14,20H,8-9H2,(H2,18,21). The number of aromatic amines is 1. The molecule has 2 aromatic heterocycles. The molecule has 0 fully saturated rings. The van der Waals surface area contributed by atoms with E-state index in [0.29, 0.717) is 12.8 Å². The number of nitrogens with one attached hydrogen (secondary N) is 1. The van der Waals surface area contributed by atoms with Crippen LogP contribution < -0.4 is 5.73 Å². The van der Waals surface area contributed by atoms with E-state index in [0.717, 1.165) is 22.0 Å². The quantitative estimate of drug-likeness (QED) is 0.759. The Bertz CT molecular complexity index is 768. The lowest BCUT2D eigenvalue weighted by Crippen LogP contribution is -2.26. The van der Waals surface area contributed by atoms with E-state index in [2.05, 4.69) is 9.97 Å². The summed E-state index contributed by atoms with van der Waals surface area (Å²) in [5.74, 6) is 0. The highest BCUT2D eigenvalue weighted by atomic mass is 16.6. The number of nitrogens with zero attached hydrogens (tertiary/aromatic N) is 1. The van der Waals surface area contributed by atoms with Crippen molar-refractivity contribution in [2.75, 3.05) is 0 Å². The highest BCUT2D eigenvalue weighted by molar-refractivity contribution is 5.82. The highest BCUT2D eigenvalue weighted by Gasteiger charge is 2.16. The van der Waals surface area contributed by atoms with Gasteiger partial charge in [-0.05, 0) is 17.2 Å². The van der Waals surface area contributed by atoms with Crippen LogP contribution >= 0.6 is 0 Å². The molecule has 3 aromatic rings. The van der Waals surface area contributed by atoms with E-state index >= 15 is 0 Å². The van der Waals surface area contributed by atoms with Gasteiger partial charge in [0.1, 0.15) is 6.10 Å². The Morgan fingerprint density at radius 2 is 2.05 bits per heavy atom. The Morgan fingerprint density at radius 3 is 2.82 bits per heavy atom. The van der Waals surface area contributed by atoms with Gasteiger partial charge >= 0.3 is 6.09 Å². The zero-order valence-corrected chi connectivity index (χ0v) is 12.0. The van der Waals surface area contributed by atoms with Gasteiger partial charge in [0, 0.05) is 30.6 Å². The number of H-pyrrole nitrogens is 1. The summed E-state index contributed by atoms with van der Waals surface area (Å²) in [6.07, 6.45) is 5.63. The minimum absolute atomic E-state index is 0.299. The minimum Gasteiger partial charge on any atom is -0.446 e. The highest BCUT2D eigenvalue weighted by Crippen LogP contribution is 2.20. The van der Waals surface area contributed by atoms with Crippen LogP contribution in [0.2, 0.25) is 0 Å². The number of fused-ring (bicyclic) bond motifs is 1. The number of aromatic nitrogens is 2. The topological polar surface area (TPSA) is 81.0 Å². The number of primary amides is 1. The second-order valence-corrected chi connectivity index (χ2v) is 5.19. The monoisotopic (exact) mass is 295 g/mol. The van der Waals surface area contributed by atoms with Gasteiger partial charge in [-0.15, -0.1) is 0 Å². The molecule has 2 heterocycles. The van der Waals surface area contributed by atoms with Crippen LogP contribution in [-0.4, -0.2) is 22.2 Å². The first-order valence-corrected chi connectivity index (χ1v) is 7.12. The van der Waals surface area contributed by atoms with Crippen LogP contribution in [0.15, 0.2) is 55.0 Å². The van der Waals surface area contributed by atoms with Crippen LogP contribution in [0.25, 0.3) is 10.9 Å². The lowest BCUT2D eigenvalue weighted by Gasteiger charge is -2.16. The van der Waals surface area contributed by atoms with E-state index in [1.165, 1.54) is 0 Å². The van der Waals surface area contributed by atoms with Crippen molar-refractivity contribution < 1.29 is 9.53 Å². The summed E-state index contributed by atoms with van der Waals surface area (Å²) in [5, 5.41) is 1.08. The van der Waals surface area contributed by atoms with Crippen LogP contribution in [0.1, 0.15) is 11.1 Å². The first kappa shape index (κ1) is 14.1. The molecule has 1 aromatic carbocycles. The Hall–Kier alpha value is -2.82. The summed E-state index contributed by atoms with van der Waals surface area (Å²) in [7, 11) is 0. The van der Waals surface area contributed by atoms with Gasteiger partial charge in [-0.25, -0.2) is 4.79 Å². The zero-order valence-electron chi connectivity index (χ0n) is 12.0. The molecule has 1 atom stereocenters. The van der Waals surface area contributed by atoms with Gasteiger partial charge in [0.25, 0.3) is 0 Å². The molecular weight excluding hydrogens is 278 g/mol.